The normalized spacial score (nSPS) is 12.8. The molecule has 1 unspecified atom stereocenters. The summed E-state index contributed by atoms with van der Waals surface area (Å²) in [6.45, 7) is 4.25. The number of unbranched alkanes of at least 4 members (excludes halogenated alkanes) is 3. The SMILES string of the molecule is CCCCCCC(CCC)[O][Ti](=[O])[OH]. The summed E-state index contributed by atoms with van der Waals surface area (Å²) in [4.78, 5) is 0. The zero-order valence-electron chi connectivity index (χ0n) is 9.29. The van der Waals surface area contributed by atoms with Crippen LogP contribution in [0.1, 0.15) is 58.8 Å². The fourth-order valence-corrected chi connectivity index (χ4v) is 2.34. The first-order valence-electron chi connectivity index (χ1n) is 5.60. The molecule has 1 N–H and O–H groups in total. The Labute approximate surface area is 94.0 Å². The second kappa shape index (κ2) is 9.97. The Kier molecular flexibility index (Phi) is 10.3. The molecule has 0 saturated carbocycles. The van der Waals surface area contributed by atoms with Gasteiger partial charge in [-0.2, -0.15) is 0 Å². The zero-order chi connectivity index (χ0) is 10.8. The third-order valence-electron chi connectivity index (χ3n) is 2.26. The van der Waals surface area contributed by atoms with Crippen LogP contribution in [0.4, 0.5) is 0 Å². The van der Waals surface area contributed by atoms with E-state index in [2.05, 4.69) is 13.8 Å². The minimum atomic E-state index is -3.31. The van der Waals surface area contributed by atoms with Gasteiger partial charge in [-0.3, -0.25) is 0 Å². The van der Waals surface area contributed by atoms with Gasteiger partial charge >= 0.3 is 93.8 Å². The van der Waals surface area contributed by atoms with Gasteiger partial charge in [0.05, 0.1) is 0 Å². The molecule has 0 amide bonds. The van der Waals surface area contributed by atoms with Gasteiger partial charge in [0.15, 0.2) is 0 Å². The monoisotopic (exact) mass is 238 g/mol. The Balaban J connectivity index is 3.56. The molecule has 0 heterocycles. The van der Waals surface area contributed by atoms with Crippen LogP contribution in [0.25, 0.3) is 0 Å². The molecule has 84 valence electrons. The summed E-state index contributed by atoms with van der Waals surface area (Å²) in [7, 11) is 0. The molecule has 14 heavy (non-hydrogen) atoms. The van der Waals surface area contributed by atoms with E-state index < -0.39 is 18.6 Å². The number of rotatable bonds is 9. The molecular weight excluding hydrogens is 216 g/mol. The molecule has 3 nitrogen and oxygen atoms in total. The molecule has 1 atom stereocenters. The van der Waals surface area contributed by atoms with E-state index in [1.807, 2.05) is 0 Å². The molecule has 0 saturated heterocycles. The number of hydrogen-bond acceptors (Lipinski definition) is 2. The number of hydrogen-bond donors (Lipinski definition) is 1. The molecule has 0 radical (unpaired) electrons. The molecular formula is C10H22O3Ti. The molecule has 0 rings (SSSR count). The quantitative estimate of drug-likeness (QED) is 0.496. The molecule has 0 aromatic rings. The third kappa shape index (κ3) is 9.01. The molecule has 0 spiro atoms. The van der Waals surface area contributed by atoms with Gasteiger partial charge in [-0.15, -0.1) is 0 Å². The Morgan fingerprint density at radius 2 is 1.86 bits per heavy atom. The second-order valence-electron chi connectivity index (χ2n) is 3.64. The molecule has 0 aliphatic carbocycles. The first kappa shape index (κ1) is 14.4. The van der Waals surface area contributed by atoms with Crippen molar-refractivity contribution in [3.05, 3.63) is 0 Å². The summed E-state index contributed by atoms with van der Waals surface area (Å²) in [5, 5.41) is 0. The van der Waals surface area contributed by atoms with Gasteiger partial charge in [0, 0.05) is 0 Å². The average Bonchev–Trinajstić information content (AvgIpc) is 2.12. The predicted molar refractivity (Wildman–Crippen MR) is 51.4 cm³/mol. The average molecular weight is 238 g/mol. The Morgan fingerprint density at radius 3 is 2.36 bits per heavy atom. The summed E-state index contributed by atoms with van der Waals surface area (Å²) in [5.74, 6) is 0. The first-order chi connectivity index (χ1) is 6.70. The van der Waals surface area contributed by atoms with E-state index in [9.17, 15) is 3.32 Å². The van der Waals surface area contributed by atoms with Crippen LogP contribution in [0.5, 0.6) is 0 Å². The Morgan fingerprint density at radius 1 is 1.14 bits per heavy atom. The van der Waals surface area contributed by atoms with Crippen molar-refractivity contribution in [2.24, 2.45) is 0 Å². The third-order valence-corrected chi connectivity index (χ3v) is 3.09. The maximum atomic E-state index is 10.6. The summed E-state index contributed by atoms with van der Waals surface area (Å²) >= 11 is -3.31. The zero-order valence-corrected chi connectivity index (χ0v) is 10.9. The summed E-state index contributed by atoms with van der Waals surface area (Å²) in [5.41, 5.74) is 0. The van der Waals surface area contributed by atoms with E-state index in [0.29, 0.717) is 0 Å². The molecule has 0 fully saturated rings. The Bertz CT molecular complexity index is 150. The van der Waals surface area contributed by atoms with Crippen LogP contribution >= 0.6 is 0 Å². The van der Waals surface area contributed by atoms with E-state index in [-0.39, 0.29) is 6.10 Å². The van der Waals surface area contributed by atoms with Crippen molar-refractivity contribution in [1.29, 1.82) is 0 Å². The van der Waals surface area contributed by atoms with Crippen molar-refractivity contribution in [1.82, 2.24) is 0 Å². The molecule has 4 heteroatoms. The second-order valence-corrected chi connectivity index (χ2v) is 4.84. The van der Waals surface area contributed by atoms with Gasteiger partial charge in [-0.1, -0.05) is 0 Å². The van der Waals surface area contributed by atoms with Crippen LogP contribution in [0.3, 0.4) is 0 Å². The van der Waals surface area contributed by atoms with Crippen molar-refractivity contribution in [2.75, 3.05) is 0 Å². The summed E-state index contributed by atoms with van der Waals surface area (Å²) in [6, 6.07) is 0. The summed E-state index contributed by atoms with van der Waals surface area (Å²) in [6.07, 6.45) is 7.68. The van der Waals surface area contributed by atoms with Gasteiger partial charge in [-0.05, 0) is 0 Å². The predicted octanol–water partition coefficient (Wildman–Crippen LogP) is 2.93. The van der Waals surface area contributed by atoms with Crippen LogP contribution in [0, 0.1) is 0 Å². The summed E-state index contributed by atoms with van der Waals surface area (Å²) < 4.78 is 24.4. The standard InChI is InChI=1S/C10H21O.H2O.O.Ti/c1-3-5-6-7-9-10(11)8-4-2;;;/h10H,3-9H2,1-2H3;1H2;;/q-1;;;+2/p-1. The molecule has 0 aliphatic heterocycles. The fourth-order valence-electron chi connectivity index (χ4n) is 1.53. The molecule has 0 bridgehead atoms. The van der Waals surface area contributed by atoms with Gasteiger partial charge < -0.3 is 0 Å². The van der Waals surface area contributed by atoms with Crippen molar-refractivity contribution in [3.8, 4) is 0 Å². The van der Waals surface area contributed by atoms with Crippen LogP contribution in [0.15, 0.2) is 0 Å². The minimum absolute atomic E-state index is 0.0226. The topological polar surface area (TPSA) is 46.5 Å². The molecule has 0 aromatic heterocycles. The maximum absolute atomic E-state index is 10.6. The fraction of sp³-hybridized carbons (Fsp3) is 1.00. The van der Waals surface area contributed by atoms with Crippen molar-refractivity contribution in [3.63, 3.8) is 0 Å². The van der Waals surface area contributed by atoms with E-state index in [4.69, 9.17) is 7.01 Å². The van der Waals surface area contributed by atoms with Gasteiger partial charge in [0.2, 0.25) is 0 Å². The van der Waals surface area contributed by atoms with Crippen LogP contribution in [-0.2, 0) is 25.3 Å². The first-order valence-corrected chi connectivity index (χ1v) is 7.57. The molecule has 0 aliphatic rings. The van der Waals surface area contributed by atoms with Gasteiger partial charge in [0.1, 0.15) is 0 Å². The van der Waals surface area contributed by atoms with Crippen LogP contribution < -0.4 is 0 Å². The van der Waals surface area contributed by atoms with Crippen molar-refractivity contribution < 1.29 is 28.9 Å². The van der Waals surface area contributed by atoms with Crippen LogP contribution in [-0.4, -0.2) is 9.79 Å². The van der Waals surface area contributed by atoms with Crippen LogP contribution in [0.2, 0.25) is 0 Å². The van der Waals surface area contributed by atoms with E-state index in [1.165, 1.54) is 19.3 Å². The van der Waals surface area contributed by atoms with Gasteiger partial charge in [-0.25, -0.2) is 0 Å². The van der Waals surface area contributed by atoms with E-state index in [0.717, 1.165) is 25.7 Å². The van der Waals surface area contributed by atoms with Crippen molar-refractivity contribution in [2.45, 2.75) is 64.9 Å². The van der Waals surface area contributed by atoms with E-state index in [1.54, 1.807) is 0 Å². The van der Waals surface area contributed by atoms with Crippen molar-refractivity contribution >= 4 is 0 Å². The van der Waals surface area contributed by atoms with Gasteiger partial charge in [0.25, 0.3) is 0 Å². The molecule has 0 aromatic carbocycles. The van der Waals surface area contributed by atoms with E-state index >= 15 is 0 Å². The Hall–Kier alpha value is 0.434.